The van der Waals surface area contributed by atoms with Gasteiger partial charge in [0.15, 0.2) is 0 Å². The Kier molecular flexibility index (Phi) is 16.5. The van der Waals surface area contributed by atoms with Crippen LogP contribution in [0.1, 0.15) is 59.3 Å². The molecular formula is C16H34O2S2. The van der Waals surface area contributed by atoms with E-state index in [9.17, 15) is 0 Å². The number of thiol groups is 1. The van der Waals surface area contributed by atoms with Crippen molar-refractivity contribution in [1.82, 2.24) is 0 Å². The topological polar surface area (TPSA) is 18.5 Å². The minimum atomic E-state index is 0.0929. The lowest BCUT2D eigenvalue weighted by atomic mass is 10.2. The van der Waals surface area contributed by atoms with Crippen LogP contribution in [0.2, 0.25) is 0 Å². The zero-order chi connectivity index (χ0) is 15.1. The van der Waals surface area contributed by atoms with E-state index in [4.69, 9.17) is 9.47 Å². The first kappa shape index (κ1) is 20.6. The van der Waals surface area contributed by atoms with E-state index in [-0.39, 0.29) is 5.44 Å². The zero-order valence-electron chi connectivity index (χ0n) is 13.6. The number of ether oxygens (including phenoxy) is 2. The van der Waals surface area contributed by atoms with Gasteiger partial charge in [0.2, 0.25) is 0 Å². The molecule has 0 aromatic heterocycles. The molecule has 0 fully saturated rings. The normalized spacial score (nSPS) is 13.1. The first-order valence-electron chi connectivity index (χ1n) is 8.13. The Morgan fingerprint density at radius 3 is 2.10 bits per heavy atom. The molecule has 0 aliphatic carbocycles. The van der Waals surface area contributed by atoms with E-state index < -0.39 is 0 Å². The lowest BCUT2D eigenvalue weighted by Gasteiger charge is -2.15. The quantitative estimate of drug-likeness (QED) is 0.259. The molecule has 0 saturated carbocycles. The summed E-state index contributed by atoms with van der Waals surface area (Å²) in [6.07, 6.45) is 7.30. The van der Waals surface area contributed by atoms with Gasteiger partial charge in [-0.05, 0) is 49.5 Å². The van der Waals surface area contributed by atoms with Crippen molar-refractivity contribution in [2.75, 3.05) is 31.3 Å². The minimum absolute atomic E-state index is 0.0929. The van der Waals surface area contributed by atoms with E-state index in [1.54, 1.807) is 0 Å². The molecule has 0 N–H and O–H groups in total. The van der Waals surface area contributed by atoms with Crippen molar-refractivity contribution in [2.24, 2.45) is 5.92 Å². The molecule has 4 heteroatoms. The van der Waals surface area contributed by atoms with Crippen molar-refractivity contribution < 1.29 is 9.47 Å². The van der Waals surface area contributed by atoms with Crippen LogP contribution in [0.3, 0.4) is 0 Å². The van der Waals surface area contributed by atoms with Crippen LogP contribution in [0.15, 0.2) is 0 Å². The van der Waals surface area contributed by atoms with Crippen molar-refractivity contribution in [2.45, 2.75) is 64.7 Å². The summed E-state index contributed by atoms with van der Waals surface area (Å²) in [4.78, 5) is 0. The molecule has 0 radical (unpaired) electrons. The molecule has 0 spiro atoms. The first-order valence-corrected chi connectivity index (χ1v) is 9.80. The maximum absolute atomic E-state index is 5.63. The second-order valence-corrected chi connectivity index (χ2v) is 7.23. The molecule has 0 aromatic rings. The molecule has 0 heterocycles. The van der Waals surface area contributed by atoms with Crippen LogP contribution in [0.4, 0.5) is 0 Å². The van der Waals surface area contributed by atoms with Crippen molar-refractivity contribution in [3.63, 3.8) is 0 Å². The molecule has 0 bridgehead atoms. The van der Waals surface area contributed by atoms with Crippen LogP contribution in [-0.2, 0) is 9.47 Å². The highest BCUT2D eigenvalue weighted by Crippen LogP contribution is 2.12. The fourth-order valence-electron chi connectivity index (χ4n) is 1.56. The van der Waals surface area contributed by atoms with Crippen LogP contribution in [0.5, 0.6) is 0 Å². The predicted octanol–water partition coefficient (Wildman–Crippen LogP) is 5.03. The monoisotopic (exact) mass is 322 g/mol. The zero-order valence-corrected chi connectivity index (χ0v) is 15.3. The molecule has 1 unspecified atom stereocenters. The number of thioether (sulfide) groups is 1. The van der Waals surface area contributed by atoms with Crippen molar-refractivity contribution in [1.29, 1.82) is 0 Å². The lowest BCUT2D eigenvalue weighted by molar-refractivity contribution is 0.0832. The highest BCUT2D eigenvalue weighted by molar-refractivity contribution is 7.99. The average Bonchev–Trinajstić information content (AvgIpc) is 2.43. The molecule has 0 aliphatic rings. The Labute approximate surface area is 136 Å². The van der Waals surface area contributed by atoms with Gasteiger partial charge in [-0.2, -0.15) is 11.8 Å². The molecule has 20 heavy (non-hydrogen) atoms. The molecule has 0 saturated heterocycles. The van der Waals surface area contributed by atoms with Crippen molar-refractivity contribution in [3.8, 4) is 0 Å². The van der Waals surface area contributed by atoms with Gasteiger partial charge in [-0.1, -0.05) is 27.2 Å². The number of rotatable bonds is 15. The highest BCUT2D eigenvalue weighted by Gasteiger charge is 2.06. The van der Waals surface area contributed by atoms with Crippen LogP contribution < -0.4 is 0 Å². The van der Waals surface area contributed by atoms with E-state index in [2.05, 4.69) is 45.2 Å². The van der Waals surface area contributed by atoms with Crippen LogP contribution in [0.25, 0.3) is 0 Å². The van der Waals surface area contributed by atoms with Gasteiger partial charge in [-0.3, -0.25) is 0 Å². The molecule has 0 rings (SSSR count). The maximum atomic E-state index is 5.63. The predicted molar refractivity (Wildman–Crippen MR) is 95.1 cm³/mol. The van der Waals surface area contributed by atoms with E-state index in [1.165, 1.54) is 43.6 Å². The SMILES string of the molecule is CCCCOCCCCSCCCCOC(S)C(C)C. The molecule has 0 amide bonds. The summed E-state index contributed by atoms with van der Waals surface area (Å²) >= 11 is 6.45. The average molecular weight is 323 g/mol. The molecule has 0 aliphatic heterocycles. The van der Waals surface area contributed by atoms with Crippen molar-refractivity contribution >= 4 is 24.4 Å². The molecule has 122 valence electrons. The third kappa shape index (κ3) is 15.0. The van der Waals surface area contributed by atoms with Gasteiger partial charge in [0.05, 0.1) is 0 Å². The second kappa shape index (κ2) is 16.0. The Balaban J connectivity index is 3.03. The Hall–Kier alpha value is 0.620. The van der Waals surface area contributed by atoms with Gasteiger partial charge in [0.25, 0.3) is 0 Å². The van der Waals surface area contributed by atoms with E-state index >= 15 is 0 Å². The molecular weight excluding hydrogens is 288 g/mol. The number of hydrogen-bond donors (Lipinski definition) is 1. The van der Waals surface area contributed by atoms with Crippen LogP contribution >= 0.6 is 24.4 Å². The van der Waals surface area contributed by atoms with Gasteiger partial charge >= 0.3 is 0 Å². The largest absolute Gasteiger partial charge is 0.381 e. The summed E-state index contributed by atoms with van der Waals surface area (Å²) in [7, 11) is 0. The summed E-state index contributed by atoms with van der Waals surface area (Å²) in [5.74, 6) is 3.00. The van der Waals surface area contributed by atoms with Gasteiger partial charge in [-0.25, -0.2) is 0 Å². The fourth-order valence-corrected chi connectivity index (χ4v) is 2.69. The third-order valence-electron chi connectivity index (χ3n) is 3.01. The summed E-state index contributed by atoms with van der Waals surface area (Å²) in [6.45, 7) is 9.19. The fraction of sp³-hybridized carbons (Fsp3) is 1.00. The van der Waals surface area contributed by atoms with Crippen LogP contribution in [0, 0.1) is 5.92 Å². The molecule has 2 nitrogen and oxygen atoms in total. The van der Waals surface area contributed by atoms with E-state index in [0.29, 0.717) is 5.92 Å². The number of hydrogen-bond acceptors (Lipinski definition) is 4. The summed E-state index contributed by atoms with van der Waals surface area (Å²) in [5.41, 5.74) is 0.0929. The Bertz CT molecular complexity index is 189. The molecule has 0 aromatic carbocycles. The second-order valence-electron chi connectivity index (χ2n) is 5.50. The van der Waals surface area contributed by atoms with E-state index in [0.717, 1.165) is 26.2 Å². The first-order chi connectivity index (χ1) is 9.68. The smallest absolute Gasteiger partial charge is 0.102 e. The minimum Gasteiger partial charge on any atom is -0.381 e. The number of unbranched alkanes of at least 4 members (excludes halogenated alkanes) is 3. The maximum Gasteiger partial charge on any atom is 0.102 e. The van der Waals surface area contributed by atoms with Gasteiger partial charge < -0.3 is 9.47 Å². The van der Waals surface area contributed by atoms with Gasteiger partial charge in [0, 0.05) is 19.8 Å². The van der Waals surface area contributed by atoms with Crippen LogP contribution in [-0.4, -0.2) is 36.8 Å². The third-order valence-corrected chi connectivity index (χ3v) is 4.91. The van der Waals surface area contributed by atoms with Gasteiger partial charge in [0.1, 0.15) is 5.44 Å². The lowest BCUT2D eigenvalue weighted by Crippen LogP contribution is -2.13. The summed E-state index contributed by atoms with van der Waals surface area (Å²) < 4.78 is 11.2. The molecule has 1 atom stereocenters. The van der Waals surface area contributed by atoms with Crippen molar-refractivity contribution in [3.05, 3.63) is 0 Å². The highest BCUT2D eigenvalue weighted by atomic mass is 32.2. The summed E-state index contributed by atoms with van der Waals surface area (Å²) in [5, 5.41) is 0. The summed E-state index contributed by atoms with van der Waals surface area (Å²) in [6, 6.07) is 0. The van der Waals surface area contributed by atoms with E-state index in [1.807, 2.05) is 0 Å². The standard InChI is InChI=1S/C16H34O2S2/c1-4-5-10-17-11-6-8-13-20-14-9-7-12-18-16(19)15(2)3/h15-16,19H,4-14H2,1-3H3. The Morgan fingerprint density at radius 1 is 0.900 bits per heavy atom. The van der Waals surface area contributed by atoms with Gasteiger partial charge in [-0.15, -0.1) is 12.6 Å². The Morgan fingerprint density at radius 2 is 1.50 bits per heavy atom.